The number of fused-ring (bicyclic) bond motifs is 2. The first kappa shape index (κ1) is 15.8. The van der Waals surface area contributed by atoms with Crippen molar-refractivity contribution >= 4 is 22.3 Å². The number of thiazole rings is 1. The largest absolute Gasteiger partial charge is 0.464 e. The van der Waals surface area contributed by atoms with Gasteiger partial charge in [-0.3, -0.25) is 0 Å². The van der Waals surface area contributed by atoms with Crippen LogP contribution in [0.4, 0.5) is 0 Å². The predicted molar refractivity (Wildman–Crippen MR) is 107 cm³/mol. The van der Waals surface area contributed by atoms with Crippen LogP contribution in [-0.2, 0) is 6.54 Å². The quantitative estimate of drug-likeness (QED) is 0.476. The lowest BCUT2D eigenvalue weighted by Crippen LogP contribution is -2.31. The number of likely N-dealkylation sites (N-methyl/N-ethyl adjacent to an activating group) is 1. The SMILES string of the molecule is Cc1cnc(-c2ccc3c(c2)CN(C)CC3c2ccc3occc3c2)s1. The molecule has 3 nitrogen and oxygen atoms in total. The van der Waals surface area contributed by atoms with Crippen LogP contribution in [-0.4, -0.2) is 23.5 Å². The molecule has 0 fully saturated rings. The number of aromatic nitrogens is 1. The Kier molecular flexibility index (Phi) is 3.69. The summed E-state index contributed by atoms with van der Waals surface area (Å²) in [7, 11) is 2.20. The van der Waals surface area contributed by atoms with Crippen molar-refractivity contribution in [3.63, 3.8) is 0 Å². The van der Waals surface area contributed by atoms with Crippen LogP contribution in [0.1, 0.15) is 27.5 Å². The van der Waals surface area contributed by atoms with Crippen LogP contribution in [0.5, 0.6) is 0 Å². The minimum Gasteiger partial charge on any atom is -0.464 e. The molecule has 0 bridgehead atoms. The van der Waals surface area contributed by atoms with E-state index < -0.39 is 0 Å². The Morgan fingerprint density at radius 1 is 1.15 bits per heavy atom. The van der Waals surface area contributed by atoms with E-state index in [9.17, 15) is 0 Å². The zero-order chi connectivity index (χ0) is 17.7. The molecular formula is C22H20N2OS. The Balaban J connectivity index is 1.59. The van der Waals surface area contributed by atoms with Gasteiger partial charge in [0.1, 0.15) is 10.6 Å². The molecule has 4 aromatic rings. The minimum atomic E-state index is 0.384. The lowest BCUT2D eigenvalue weighted by molar-refractivity contribution is 0.295. The van der Waals surface area contributed by atoms with Crippen LogP contribution in [0.2, 0.25) is 0 Å². The van der Waals surface area contributed by atoms with E-state index in [2.05, 4.69) is 60.3 Å². The normalized spacial score (nSPS) is 17.5. The van der Waals surface area contributed by atoms with E-state index in [4.69, 9.17) is 4.42 Å². The third-order valence-electron chi connectivity index (χ3n) is 5.20. The van der Waals surface area contributed by atoms with E-state index in [1.807, 2.05) is 12.3 Å². The predicted octanol–water partition coefficient (Wildman–Crippen LogP) is 5.44. The Morgan fingerprint density at radius 3 is 2.92 bits per heavy atom. The maximum atomic E-state index is 5.50. The van der Waals surface area contributed by atoms with Crippen molar-refractivity contribution in [3.8, 4) is 10.6 Å². The van der Waals surface area contributed by atoms with Gasteiger partial charge in [-0.1, -0.05) is 18.2 Å². The van der Waals surface area contributed by atoms with Crippen molar-refractivity contribution < 1.29 is 4.42 Å². The summed E-state index contributed by atoms with van der Waals surface area (Å²) < 4.78 is 5.50. The van der Waals surface area contributed by atoms with Crippen LogP contribution in [0.3, 0.4) is 0 Å². The van der Waals surface area contributed by atoms with Gasteiger partial charge in [-0.05, 0) is 54.9 Å². The molecule has 1 aliphatic rings. The van der Waals surface area contributed by atoms with Crippen LogP contribution in [0.15, 0.2) is 59.3 Å². The summed E-state index contributed by atoms with van der Waals surface area (Å²) in [4.78, 5) is 8.21. The molecule has 0 radical (unpaired) electrons. The number of nitrogens with zero attached hydrogens (tertiary/aromatic N) is 2. The van der Waals surface area contributed by atoms with Gasteiger partial charge in [0.05, 0.1) is 6.26 Å². The van der Waals surface area contributed by atoms with Crippen LogP contribution in [0, 0.1) is 6.92 Å². The van der Waals surface area contributed by atoms with Gasteiger partial charge in [-0.2, -0.15) is 0 Å². The molecule has 1 atom stereocenters. The molecule has 1 unspecified atom stereocenters. The van der Waals surface area contributed by atoms with Crippen molar-refractivity contribution in [2.24, 2.45) is 0 Å². The molecule has 2 aromatic carbocycles. The smallest absolute Gasteiger partial charge is 0.133 e. The lowest BCUT2D eigenvalue weighted by atomic mass is 9.84. The van der Waals surface area contributed by atoms with Gasteiger partial charge in [0, 0.05) is 41.0 Å². The van der Waals surface area contributed by atoms with E-state index in [0.29, 0.717) is 5.92 Å². The molecular weight excluding hydrogens is 340 g/mol. The van der Waals surface area contributed by atoms with Gasteiger partial charge in [-0.15, -0.1) is 11.3 Å². The molecule has 2 aromatic heterocycles. The molecule has 130 valence electrons. The zero-order valence-corrected chi connectivity index (χ0v) is 15.7. The maximum Gasteiger partial charge on any atom is 0.133 e. The molecule has 5 rings (SSSR count). The molecule has 0 aliphatic carbocycles. The van der Waals surface area contributed by atoms with E-state index in [-0.39, 0.29) is 0 Å². The first-order valence-electron chi connectivity index (χ1n) is 8.89. The highest BCUT2D eigenvalue weighted by molar-refractivity contribution is 7.14. The summed E-state index contributed by atoms with van der Waals surface area (Å²) in [6, 6.07) is 15.5. The number of furan rings is 1. The highest BCUT2D eigenvalue weighted by Crippen LogP contribution is 2.37. The monoisotopic (exact) mass is 360 g/mol. The highest BCUT2D eigenvalue weighted by atomic mass is 32.1. The Bertz CT molecular complexity index is 1090. The molecule has 1 aliphatic heterocycles. The second kappa shape index (κ2) is 6.08. The first-order chi connectivity index (χ1) is 12.7. The van der Waals surface area contributed by atoms with Gasteiger partial charge < -0.3 is 9.32 Å². The second-order valence-electron chi connectivity index (χ2n) is 7.16. The fourth-order valence-corrected chi connectivity index (χ4v) is 4.72. The van der Waals surface area contributed by atoms with E-state index in [1.165, 1.54) is 32.5 Å². The molecule has 0 saturated heterocycles. The number of hydrogen-bond acceptors (Lipinski definition) is 4. The topological polar surface area (TPSA) is 29.3 Å². The fraction of sp³-hybridized carbons (Fsp3) is 0.227. The highest BCUT2D eigenvalue weighted by Gasteiger charge is 2.25. The van der Waals surface area contributed by atoms with Gasteiger partial charge in [0.25, 0.3) is 0 Å². The zero-order valence-electron chi connectivity index (χ0n) is 14.9. The average Bonchev–Trinajstić information content (AvgIpc) is 3.28. The van der Waals surface area contributed by atoms with Crippen LogP contribution in [0.25, 0.3) is 21.5 Å². The van der Waals surface area contributed by atoms with Gasteiger partial charge in [0.2, 0.25) is 0 Å². The van der Waals surface area contributed by atoms with Gasteiger partial charge in [-0.25, -0.2) is 4.98 Å². The van der Waals surface area contributed by atoms with Gasteiger partial charge in [0.15, 0.2) is 0 Å². The summed E-state index contributed by atoms with van der Waals surface area (Å²) in [6.45, 7) is 4.12. The lowest BCUT2D eigenvalue weighted by Gasteiger charge is -2.33. The van der Waals surface area contributed by atoms with E-state index in [0.717, 1.165) is 23.7 Å². The van der Waals surface area contributed by atoms with Crippen molar-refractivity contribution in [2.45, 2.75) is 19.4 Å². The Morgan fingerprint density at radius 2 is 2.08 bits per heavy atom. The van der Waals surface area contributed by atoms with Crippen LogP contribution < -0.4 is 0 Å². The standard InChI is InChI=1S/C22H20N2OS/c1-14-11-23-22(26-14)17-3-5-19-18(10-17)12-24(2)13-20(19)15-4-6-21-16(9-15)7-8-25-21/h3-11,20H,12-13H2,1-2H3. The molecule has 3 heterocycles. The summed E-state index contributed by atoms with van der Waals surface area (Å²) in [5.41, 5.74) is 6.36. The van der Waals surface area contributed by atoms with Crippen molar-refractivity contribution in [3.05, 3.63) is 76.5 Å². The molecule has 0 spiro atoms. The van der Waals surface area contributed by atoms with E-state index >= 15 is 0 Å². The Hall–Kier alpha value is -2.43. The van der Waals surface area contributed by atoms with Crippen molar-refractivity contribution in [1.29, 1.82) is 0 Å². The third kappa shape index (κ3) is 2.66. The molecule has 26 heavy (non-hydrogen) atoms. The third-order valence-corrected chi connectivity index (χ3v) is 6.16. The average molecular weight is 360 g/mol. The van der Waals surface area contributed by atoms with E-state index in [1.54, 1.807) is 17.6 Å². The Labute approximate surface area is 156 Å². The minimum absolute atomic E-state index is 0.384. The number of rotatable bonds is 2. The number of hydrogen-bond donors (Lipinski definition) is 0. The van der Waals surface area contributed by atoms with Gasteiger partial charge >= 0.3 is 0 Å². The summed E-state index contributed by atoms with van der Waals surface area (Å²) >= 11 is 1.76. The summed E-state index contributed by atoms with van der Waals surface area (Å²) in [5.74, 6) is 0.384. The maximum absolute atomic E-state index is 5.50. The van der Waals surface area contributed by atoms with Crippen LogP contribution >= 0.6 is 11.3 Å². The second-order valence-corrected chi connectivity index (χ2v) is 8.39. The number of aryl methyl sites for hydroxylation is 1. The van der Waals surface area contributed by atoms with Crippen molar-refractivity contribution in [1.82, 2.24) is 9.88 Å². The molecule has 0 N–H and O–H groups in total. The fourth-order valence-electron chi connectivity index (χ4n) is 3.96. The summed E-state index contributed by atoms with van der Waals surface area (Å²) in [6.07, 6.45) is 3.71. The number of benzene rings is 2. The molecule has 0 saturated carbocycles. The molecule has 0 amide bonds. The van der Waals surface area contributed by atoms with Crippen molar-refractivity contribution in [2.75, 3.05) is 13.6 Å². The summed E-state index contributed by atoms with van der Waals surface area (Å²) in [5, 5.41) is 2.28. The molecule has 4 heteroatoms. The first-order valence-corrected chi connectivity index (χ1v) is 9.70.